The number of thiazole rings is 1. The first-order chi connectivity index (χ1) is 12.7. The summed E-state index contributed by atoms with van der Waals surface area (Å²) in [6.45, 7) is 1.73. The van der Waals surface area contributed by atoms with E-state index in [9.17, 15) is 4.79 Å². The van der Waals surface area contributed by atoms with Gasteiger partial charge >= 0.3 is 0 Å². The maximum atomic E-state index is 12.3. The van der Waals surface area contributed by atoms with Gasteiger partial charge in [-0.15, -0.1) is 11.8 Å². The van der Waals surface area contributed by atoms with E-state index in [2.05, 4.69) is 44.6 Å². The van der Waals surface area contributed by atoms with E-state index in [-0.39, 0.29) is 11.9 Å². The van der Waals surface area contributed by atoms with E-state index in [0.29, 0.717) is 5.69 Å². The number of thioether (sulfide) groups is 1. The van der Waals surface area contributed by atoms with Crippen LogP contribution in [0.3, 0.4) is 0 Å². The summed E-state index contributed by atoms with van der Waals surface area (Å²) in [6, 6.07) is 6.47. The molecular weight excluding hydrogens is 366 g/mol. The Labute approximate surface area is 160 Å². The van der Waals surface area contributed by atoms with Crippen LogP contribution in [0, 0.1) is 0 Å². The molecule has 0 saturated carbocycles. The molecule has 3 aromatic rings. The van der Waals surface area contributed by atoms with Crippen LogP contribution in [0.2, 0.25) is 0 Å². The summed E-state index contributed by atoms with van der Waals surface area (Å²) in [5, 5.41) is 4.10. The largest absolute Gasteiger partial charge is 0.346 e. The van der Waals surface area contributed by atoms with Gasteiger partial charge in [0, 0.05) is 36.4 Å². The number of piperidine rings is 1. The van der Waals surface area contributed by atoms with Crippen LogP contribution in [0.5, 0.6) is 0 Å². The molecule has 0 aliphatic carbocycles. The summed E-state index contributed by atoms with van der Waals surface area (Å²) in [7, 11) is 0. The Kier molecular flexibility index (Phi) is 5.03. The molecule has 3 heterocycles. The molecule has 26 heavy (non-hydrogen) atoms. The lowest BCUT2D eigenvalue weighted by Gasteiger charge is -2.32. The Morgan fingerprint density at radius 1 is 1.38 bits per heavy atom. The quantitative estimate of drug-likeness (QED) is 0.696. The predicted molar refractivity (Wildman–Crippen MR) is 106 cm³/mol. The second kappa shape index (κ2) is 7.59. The van der Waals surface area contributed by atoms with Crippen LogP contribution >= 0.6 is 23.1 Å². The van der Waals surface area contributed by atoms with Crippen molar-refractivity contribution in [2.75, 3.05) is 24.2 Å². The number of aromatic nitrogens is 3. The van der Waals surface area contributed by atoms with Gasteiger partial charge in [0.1, 0.15) is 5.69 Å². The standard InChI is InChI=1S/C18H19N5OS2/c1-25-13-4-5-14-16(9-13)26-18(22-14)23-8-2-3-12(11-23)21-17(24)15-10-19-6-7-20-15/h4-7,9-10,12H,2-3,8,11H2,1H3,(H,21,24). The lowest BCUT2D eigenvalue weighted by atomic mass is 10.1. The smallest absolute Gasteiger partial charge is 0.271 e. The first kappa shape index (κ1) is 17.2. The molecule has 1 aromatic carbocycles. The monoisotopic (exact) mass is 385 g/mol. The number of fused-ring (bicyclic) bond motifs is 1. The number of carbonyl (C=O) groups is 1. The normalized spacial score (nSPS) is 17.4. The summed E-state index contributed by atoms with van der Waals surface area (Å²) in [4.78, 5) is 28.6. The molecule has 1 aliphatic rings. The van der Waals surface area contributed by atoms with Crippen LogP contribution in [-0.4, -0.2) is 46.2 Å². The molecule has 2 aromatic heterocycles. The fourth-order valence-electron chi connectivity index (χ4n) is 3.10. The molecule has 0 spiro atoms. The van der Waals surface area contributed by atoms with Gasteiger partial charge in [0.15, 0.2) is 5.13 Å². The minimum Gasteiger partial charge on any atom is -0.346 e. The van der Waals surface area contributed by atoms with Crippen LogP contribution in [0.1, 0.15) is 23.3 Å². The summed E-state index contributed by atoms with van der Waals surface area (Å²) in [6.07, 6.45) is 8.66. The second-order valence-electron chi connectivity index (χ2n) is 6.18. The maximum Gasteiger partial charge on any atom is 0.271 e. The Morgan fingerprint density at radius 3 is 3.12 bits per heavy atom. The van der Waals surface area contributed by atoms with Crippen molar-refractivity contribution in [2.45, 2.75) is 23.8 Å². The van der Waals surface area contributed by atoms with Crippen LogP contribution in [0.25, 0.3) is 10.2 Å². The lowest BCUT2D eigenvalue weighted by Crippen LogP contribution is -2.48. The SMILES string of the molecule is CSc1ccc2nc(N3CCCC(NC(=O)c4cnccn4)C3)sc2c1. The highest BCUT2D eigenvalue weighted by atomic mass is 32.2. The fraction of sp³-hybridized carbons (Fsp3) is 0.333. The van der Waals surface area contributed by atoms with Crippen molar-refractivity contribution in [3.63, 3.8) is 0 Å². The van der Waals surface area contributed by atoms with Crippen LogP contribution in [-0.2, 0) is 0 Å². The Balaban J connectivity index is 1.47. The summed E-state index contributed by atoms with van der Waals surface area (Å²) >= 11 is 3.46. The number of carbonyl (C=O) groups excluding carboxylic acids is 1. The van der Waals surface area contributed by atoms with Gasteiger partial charge in [-0.3, -0.25) is 9.78 Å². The van der Waals surface area contributed by atoms with E-state index in [4.69, 9.17) is 4.98 Å². The Morgan fingerprint density at radius 2 is 2.31 bits per heavy atom. The van der Waals surface area contributed by atoms with E-state index in [1.54, 1.807) is 29.3 Å². The minimum absolute atomic E-state index is 0.0898. The molecule has 1 saturated heterocycles. The molecule has 4 rings (SSSR count). The zero-order valence-electron chi connectivity index (χ0n) is 14.4. The van der Waals surface area contributed by atoms with Crippen LogP contribution in [0.4, 0.5) is 5.13 Å². The molecule has 0 bridgehead atoms. The molecule has 1 aliphatic heterocycles. The molecule has 1 fully saturated rings. The predicted octanol–water partition coefficient (Wildman–Crippen LogP) is 3.21. The average Bonchev–Trinajstić information content (AvgIpc) is 3.12. The number of amides is 1. The van der Waals surface area contributed by atoms with E-state index in [0.717, 1.165) is 36.6 Å². The highest BCUT2D eigenvalue weighted by Gasteiger charge is 2.24. The van der Waals surface area contributed by atoms with Gasteiger partial charge in [-0.05, 0) is 37.3 Å². The van der Waals surface area contributed by atoms with Gasteiger partial charge in [0.2, 0.25) is 0 Å². The van der Waals surface area contributed by atoms with E-state index >= 15 is 0 Å². The highest BCUT2D eigenvalue weighted by Crippen LogP contribution is 2.32. The third-order valence-corrected chi connectivity index (χ3v) is 6.21. The first-order valence-electron chi connectivity index (χ1n) is 8.49. The molecule has 0 radical (unpaired) electrons. The molecule has 8 heteroatoms. The summed E-state index contributed by atoms with van der Waals surface area (Å²) in [5.74, 6) is -0.168. The van der Waals surface area contributed by atoms with Crippen molar-refractivity contribution in [2.24, 2.45) is 0 Å². The maximum absolute atomic E-state index is 12.3. The van der Waals surface area contributed by atoms with E-state index in [1.165, 1.54) is 22.0 Å². The zero-order valence-corrected chi connectivity index (χ0v) is 16.0. The summed E-state index contributed by atoms with van der Waals surface area (Å²) in [5.41, 5.74) is 1.39. The van der Waals surface area contributed by atoms with Crippen molar-refractivity contribution < 1.29 is 4.79 Å². The first-order valence-corrected chi connectivity index (χ1v) is 10.5. The number of nitrogens with one attached hydrogen (secondary N) is 1. The van der Waals surface area contributed by atoms with Gasteiger partial charge in [-0.25, -0.2) is 9.97 Å². The number of anilines is 1. The number of hydrogen-bond acceptors (Lipinski definition) is 7. The highest BCUT2D eigenvalue weighted by molar-refractivity contribution is 7.98. The minimum atomic E-state index is -0.168. The zero-order chi connectivity index (χ0) is 17.9. The Hall–Kier alpha value is -2.19. The molecule has 1 N–H and O–H groups in total. The van der Waals surface area contributed by atoms with Crippen molar-refractivity contribution in [1.29, 1.82) is 0 Å². The van der Waals surface area contributed by atoms with Gasteiger partial charge in [-0.2, -0.15) is 0 Å². The lowest BCUT2D eigenvalue weighted by molar-refractivity contribution is 0.0927. The Bertz CT molecular complexity index is 914. The number of benzene rings is 1. The molecule has 6 nitrogen and oxygen atoms in total. The number of nitrogens with zero attached hydrogens (tertiary/aromatic N) is 4. The van der Waals surface area contributed by atoms with Crippen LogP contribution < -0.4 is 10.2 Å². The van der Waals surface area contributed by atoms with Gasteiger partial charge in [-0.1, -0.05) is 11.3 Å². The third kappa shape index (κ3) is 3.66. The fourth-order valence-corrected chi connectivity index (χ4v) is 4.65. The van der Waals surface area contributed by atoms with Gasteiger partial charge < -0.3 is 10.2 Å². The molecular formula is C18H19N5OS2. The van der Waals surface area contributed by atoms with Crippen molar-refractivity contribution in [3.05, 3.63) is 42.5 Å². The average molecular weight is 386 g/mol. The van der Waals surface area contributed by atoms with Gasteiger partial charge in [0.05, 0.1) is 16.4 Å². The van der Waals surface area contributed by atoms with Crippen molar-refractivity contribution in [3.8, 4) is 0 Å². The molecule has 134 valence electrons. The molecule has 1 unspecified atom stereocenters. The number of rotatable bonds is 4. The van der Waals surface area contributed by atoms with Crippen molar-refractivity contribution in [1.82, 2.24) is 20.3 Å². The molecule has 1 atom stereocenters. The van der Waals surface area contributed by atoms with Crippen LogP contribution in [0.15, 0.2) is 41.7 Å². The van der Waals surface area contributed by atoms with E-state index < -0.39 is 0 Å². The second-order valence-corrected chi connectivity index (χ2v) is 8.07. The van der Waals surface area contributed by atoms with Gasteiger partial charge in [0.25, 0.3) is 5.91 Å². The van der Waals surface area contributed by atoms with Crippen molar-refractivity contribution >= 4 is 44.4 Å². The summed E-state index contributed by atoms with van der Waals surface area (Å²) < 4.78 is 1.21. The van der Waals surface area contributed by atoms with E-state index in [1.807, 2.05) is 0 Å². The molecule has 1 amide bonds. The topological polar surface area (TPSA) is 71.0 Å². The third-order valence-electron chi connectivity index (χ3n) is 4.41. The number of hydrogen-bond donors (Lipinski definition) is 1.